The molecule has 0 fully saturated rings. The second-order valence-electron chi connectivity index (χ2n) is 15.1. The molecule has 0 saturated heterocycles. The molecule has 9 aromatic rings. The summed E-state index contributed by atoms with van der Waals surface area (Å²) in [6, 6.07) is 53.4. The van der Waals surface area contributed by atoms with Crippen LogP contribution in [-0.4, -0.2) is 0 Å². The molecule has 0 spiro atoms. The zero-order valence-electron chi connectivity index (χ0n) is 40.2. The highest BCUT2D eigenvalue weighted by Crippen LogP contribution is 2.51. The van der Waals surface area contributed by atoms with Gasteiger partial charge >= 0.3 is 0 Å². The summed E-state index contributed by atoms with van der Waals surface area (Å²) < 4.78 is 77.8. The summed E-state index contributed by atoms with van der Waals surface area (Å²) in [5.74, 6) is 0. The smallest absolute Gasteiger partial charge is 0.0645 e. The van der Waals surface area contributed by atoms with Crippen molar-refractivity contribution in [3.8, 4) is 66.8 Å². The number of fused-ring (bicyclic) bond motifs is 3. The number of rotatable bonds is 8. The van der Waals surface area contributed by atoms with E-state index in [1.54, 1.807) is 30.3 Å². The van der Waals surface area contributed by atoms with E-state index in [1.165, 1.54) is 10.5 Å². The van der Waals surface area contributed by atoms with Gasteiger partial charge in [0.1, 0.15) is 0 Å². The van der Waals surface area contributed by atoms with Crippen LogP contribution in [0.2, 0.25) is 0 Å². The van der Waals surface area contributed by atoms with Crippen LogP contribution in [0.3, 0.4) is 0 Å². The van der Waals surface area contributed by atoms with Gasteiger partial charge in [-0.15, -0.1) is 0 Å². The summed E-state index contributed by atoms with van der Waals surface area (Å²) >= 11 is 0. The van der Waals surface area contributed by atoms with E-state index in [2.05, 4.69) is 26.0 Å². The molecule has 0 radical (unpaired) electrons. The van der Waals surface area contributed by atoms with E-state index in [9.17, 15) is 11.0 Å². The number of nitrogens with zero attached hydrogens (tertiary/aromatic N) is 1. The van der Waals surface area contributed by atoms with Gasteiger partial charge in [0.15, 0.2) is 0 Å². The van der Waals surface area contributed by atoms with Crippen LogP contribution in [0.15, 0.2) is 224 Å². The number of hydrogen-bond acceptors (Lipinski definition) is 1. The first-order valence-electron chi connectivity index (χ1n) is 23.5. The van der Waals surface area contributed by atoms with Crippen LogP contribution < -0.4 is 4.90 Å². The summed E-state index contributed by atoms with van der Waals surface area (Å²) in [6.07, 6.45) is 0. The van der Waals surface area contributed by atoms with Crippen molar-refractivity contribution < 1.29 is 11.0 Å². The summed E-state index contributed by atoms with van der Waals surface area (Å²) in [5.41, 5.74) is 10.0. The lowest BCUT2D eigenvalue weighted by Gasteiger charge is -2.30. The molecule has 1 aliphatic carbocycles. The molecule has 0 bridgehead atoms. The molecule has 0 atom stereocenters. The average Bonchev–Trinajstić information content (AvgIpc) is 3.58. The molecule has 0 saturated carbocycles. The van der Waals surface area contributed by atoms with E-state index < -0.39 is 24.2 Å². The lowest BCUT2D eigenvalue weighted by molar-refractivity contribution is 0.660. The third-order valence-corrected chi connectivity index (χ3v) is 11.3. The highest BCUT2D eigenvalue weighted by atomic mass is 15.1. The molecule has 1 nitrogen and oxygen atoms in total. The SMILES string of the molecule is [2H]c1c([2H])c(N(c2cccc(-c3ccccc3)c2-c2ccccc2-c2ccccc2)c2c([2H])c([2H])c(-c3ccc4c(c3)C(C)(C)c3ccccc3-4)c([2H])c2[2H])c([2H])c([2H])c1-c1ccccc1. The molecule has 1 heteroatoms. The van der Waals surface area contributed by atoms with Crippen LogP contribution in [0.4, 0.5) is 17.1 Å². The van der Waals surface area contributed by atoms with Crippen molar-refractivity contribution in [3.05, 3.63) is 235 Å². The largest absolute Gasteiger partial charge is 0.310 e. The first-order chi connectivity index (χ1) is 31.9. The third-order valence-electron chi connectivity index (χ3n) is 11.3. The second kappa shape index (κ2) is 14.7. The Labute approximate surface area is 353 Å². The minimum Gasteiger partial charge on any atom is -0.310 e. The lowest BCUT2D eigenvalue weighted by atomic mass is 9.81. The second-order valence-corrected chi connectivity index (χ2v) is 15.1. The molecule has 10 rings (SSSR count). The molecular weight excluding hydrogens is 699 g/mol. The van der Waals surface area contributed by atoms with Crippen molar-refractivity contribution in [2.24, 2.45) is 0 Å². The standard InChI is InChI=1S/C57H43N/c1-57(2)53-27-15-14-24-50(53)51-38-33-45(39-54(51)57)42-31-36-47(37-32-42)58(46-34-29-41(30-35-46)40-17-6-3-7-18-40)55-28-16-26-49(44-21-10-5-11-22-44)56(55)52-25-13-12-23-48(52)43-19-8-4-9-20-43/h3-39H,1-2H3/i29D,30D,31D,32D,34D,35D,36D,37D. The van der Waals surface area contributed by atoms with Gasteiger partial charge in [-0.25, -0.2) is 0 Å². The Kier molecular flexibility index (Phi) is 6.94. The van der Waals surface area contributed by atoms with E-state index in [0.717, 1.165) is 44.5 Å². The van der Waals surface area contributed by atoms with E-state index in [4.69, 9.17) is 0 Å². The number of benzene rings is 9. The van der Waals surface area contributed by atoms with Gasteiger partial charge in [0, 0.05) is 22.4 Å². The van der Waals surface area contributed by atoms with Gasteiger partial charge in [-0.3, -0.25) is 0 Å². The summed E-state index contributed by atoms with van der Waals surface area (Å²) in [5, 5.41) is 0. The number of hydrogen-bond donors (Lipinski definition) is 0. The topological polar surface area (TPSA) is 3.24 Å². The molecule has 276 valence electrons. The fourth-order valence-corrected chi connectivity index (χ4v) is 8.38. The van der Waals surface area contributed by atoms with Crippen molar-refractivity contribution in [2.45, 2.75) is 19.3 Å². The minimum absolute atomic E-state index is 0.110. The Balaban J connectivity index is 1.30. The van der Waals surface area contributed by atoms with Gasteiger partial charge < -0.3 is 4.90 Å². The Morgan fingerprint density at radius 1 is 0.345 bits per heavy atom. The Bertz CT molecular complexity index is 3310. The molecule has 0 aromatic heterocycles. The van der Waals surface area contributed by atoms with Crippen molar-refractivity contribution in [2.75, 3.05) is 4.90 Å². The van der Waals surface area contributed by atoms with Crippen LogP contribution in [-0.2, 0) is 5.41 Å². The third kappa shape index (κ3) is 6.22. The summed E-state index contributed by atoms with van der Waals surface area (Å²) in [6.45, 7) is 4.30. The molecule has 0 heterocycles. The van der Waals surface area contributed by atoms with Crippen LogP contribution >= 0.6 is 0 Å². The van der Waals surface area contributed by atoms with Gasteiger partial charge in [0.05, 0.1) is 16.7 Å². The van der Waals surface area contributed by atoms with Gasteiger partial charge in [0.25, 0.3) is 0 Å². The van der Waals surface area contributed by atoms with Gasteiger partial charge in [-0.1, -0.05) is 202 Å². The first kappa shape index (κ1) is 27.4. The van der Waals surface area contributed by atoms with Crippen molar-refractivity contribution in [3.63, 3.8) is 0 Å². The van der Waals surface area contributed by atoms with Crippen molar-refractivity contribution in [1.82, 2.24) is 0 Å². The van der Waals surface area contributed by atoms with Crippen molar-refractivity contribution >= 4 is 17.1 Å². The normalized spacial score (nSPS) is 14.4. The predicted molar refractivity (Wildman–Crippen MR) is 246 cm³/mol. The molecule has 9 aromatic carbocycles. The van der Waals surface area contributed by atoms with E-state index in [1.807, 2.05) is 133 Å². The molecule has 0 aliphatic heterocycles. The van der Waals surface area contributed by atoms with Crippen LogP contribution in [0.5, 0.6) is 0 Å². The quantitative estimate of drug-likeness (QED) is 0.150. The Morgan fingerprint density at radius 3 is 1.43 bits per heavy atom. The van der Waals surface area contributed by atoms with Gasteiger partial charge in [-0.05, 0) is 109 Å². The zero-order valence-corrected chi connectivity index (χ0v) is 32.2. The van der Waals surface area contributed by atoms with E-state index in [-0.39, 0.29) is 52.1 Å². The molecule has 1 aliphatic rings. The molecule has 58 heavy (non-hydrogen) atoms. The zero-order chi connectivity index (χ0) is 46.0. The summed E-state index contributed by atoms with van der Waals surface area (Å²) in [4.78, 5) is 1.44. The Hall–Kier alpha value is -7.22. The number of anilines is 3. The van der Waals surface area contributed by atoms with E-state index >= 15 is 0 Å². The predicted octanol–water partition coefficient (Wildman–Crippen LogP) is 15.8. The Morgan fingerprint density at radius 2 is 0.810 bits per heavy atom. The van der Waals surface area contributed by atoms with Gasteiger partial charge in [0.2, 0.25) is 0 Å². The highest BCUT2D eigenvalue weighted by Gasteiger charge is 2.35. The fraction of sp³-hybridized carbons (Fsp3) is 0.0526. The fourth-order valence-electron chi connectivity index (χ4n) is 8.38. The maximum absolute atomic E-state index is 9.93. The molecular formula is C57H43N. The maximum Gasteiger partial charge on any atom is 0.0645 e. The first-order valence-corrected chi connectivity index (χ1v) is 19.5. The molecule has 0 amide bonds. The van der Waals surface area contributed by atoms with Crippen LogP contribution in [0.25, 0.3) is 66.8 Å². The average molecular weight is 750 g/mol. The highest BCUT2D eigenvalue weighted by molar-refractivity contribution is 6.01. The minimum atomic E-state index is -0.399. The van der Waals surface area contributed by atoms with Gasteiger partial charge in [-0.2, -0.15) is 0 Å². The van der Waals surface area contributed by atoms with E-state index in [0.29, 0.717) is 22.4 Å². The molecule has 0 N–H and O–H groups in total. The molecule has 0 unspecified atom stereocenters. The summed E-state index contributed by atoms with van der Waals surface area (Å²) in [7, 11) is 0. The maximum atomic E-state index is 9.93. The monoisotopic (exact) mass is 749 g/mol. The van der Waals surface area contributed by atoms with Crippen molar-refractivity contribution in [1.29, 1.82) is 0 Å². The lowest BCUT2D eigenvalue weighted by Crippen LogP contribution is -2.14. The van der Waals surface area contributed by atoms with Crippen LogP contribution in [0.1, 0.15) is 35.9 Å². The van der Waals surface area contributed by atoms with Crippen LogP contribution in [0, 0.1) is 0 Å².